The number of aryl methyl sites for hydroxylation is 1. The number of halogens is 1. The molecular formula is C13H13IOS. The van der Waals surface area contributed by atoms with Gasteiger partial charge in [0.25, 0.3) is 0 Å². The van der Waals surface area contributed by atoms with Gasteiger partial charge < -0.3 is 5.11 Å². The fraction of sp³-hybridized carbons (Fsp3) is 0.231. The molecule has 1 aromatic carbocycles. The van der Waals surface area contributed by atoms with Crippen LogP contribution in [0.3, 0.4) is 0 Å². The standard InChI is InChI=1S/C13H13IOS/c14-12-3-1-2-11(8-12)13(15)5-4-10-6-7-16-9-10/h1-3,6-9,13,15H,4-5H2. The van der Waals surface area contributed by atoms with Crippen LogP contribution in [0.4, 0.5) is 0 Å². The highest BCUT2D eigenvalue weighted by Crippen LogP contribution is 2.21. The Balaban J connectivity index is 1.95. The van der Waals surface area contributed by atoms with Gasteiger partial charge in [-0.05, 0) is 75.5 Å². The van der Waals surface area contributed by atoms with Crippen LogP contribution in [-0.4, -0.2) is 5.11 Å². The van der Waals surface area contributed by atoms with Gasteiger partial charge in [-0.3, -0.25) is 0 Å². The van der Waals surface area contributed by atoms with E-state index in [1.54, 1.807) is 11.3 Å². The zero-order chi connectivity index (χ0) is 11.4. The van der Waals surface area contributed by atoms with Gasteiger partial charge in [0.2, 0.25) is 0 Å². The summed E-state index contributed by atoms with van der Waals surface area (Å²) < 4.78 is 1.17. The molecule has 0 amide bonds. The predicted octanol–water partition coefficient (Wildman–Crippen LogP) is 4.02. The number of hydrogen-bond donors (Lipinski definition) is 1. The molecule has 0 saturated carbocycles. The van der Waals surface area contributed by atoms with Crippen LogP contribution >= 0.6 is 33.9 Å². The van der Waals surface area contributed by atoms with Gasteiger partial charge in [-0.2, -0.15) is 11.3 Å². The van der Waals surface area contributed by atoms with Crippen LogP contribution in [0.15, 0.2) is 41.1 Å². The van der Waals surface area contributed by atoms with Gasteiger partial charge in [0.15, 0.2) is 0 Å². The van der Waals surface area contributed by atoms with Crippen LogP contribution in [-0.2, 0) is 6.42 Å². The quantitative estimate of drug-likeness (QED) is 0.831. The largest absolute Gasteiger partial charge is 0.388 e. The Labute approximate surface area is 113 Å². The van der Waals surface area contributed by atoms with Crippen LogP contribution in [0.2, 0.25) is 0 Å². The molecular weight excluding hydrogens is 331 g/mol. The van der Waals surface area contributed by atoms with Crippen LogP contribution in [0.1, 0.15) is 23.7 Å². The molecule has 3 heteroatoms. The minimum Gasteiger partial charge on any atom is -0.388 e. The molecule has 2 rings (SSSR count). The Morgan fingerprint density at radius 1 is 1.31 bits per heavy atom. The number of rotatable bonds is 4. The summed E-state index contributed by atoms with van der Waals surface area (Å²) in [5, 5.41) is 14.3. The maximum Gasteiger partial charge on any atom is 0.0793 e. The fourth-order valence-electron chi connectivity index (χ4n) is 1.62. The molecule has 1 unspecified atom stereocenters. The molecule has 1 heterocycles. The van der Waals surface area contributed by atoms with Crippen molar-refractivity contribution in [2.24, 2.45) is 0 Å². The van der Waals surface area contributed by atoms with E-state index in [-0.39, 0.29) is 6.10 Å². The predicted molar refractivity (Wildman–Crippen MR) is 76.8 cm³/mol. The van der Waals surface area contributed by atoms with E-state index in [9.17, 15) is 5.11 Å². The van der Waals surface area contributed by atoms with Gasteiger partial charge in [-0.1, -0.05) is 12.1 Å². The van der Waals surface area contributed by atoms with Crippen LogP contribution in [0.25, 0.3) is 0 Å². The number of benzene rings is 1. The van der Waals surface area contributed by atoms with Crippen LogP contribution in [0, 0.1) is 3.57 Å². The van der Waals surface area contributed by atoms with Gasteiger partial charge in [0.05, 0.1) is 6.10 Å². The second-order valence-electron chi connectivity index (χ2n) is 3.74. The first-order valence-corrected chi connectivity index (χ1v) is 7.22. The van der Waals surface area contributed by atoms with E-state index in [4.69, 9.17) is 0 Å². The average molecular weight is 344 g/mol. The minimum absolute atomic E-state index is 0.352. The normalized spacial score (nSPS) is 12.6. The van der Waals surface area contributed by atoms with E-state index >= 15 is 0 Å². The molecule has 0 aliphatic rings. The average Bonchev–Trinajstić information content (AvgIpc) is 2.78. The highest BCUT2D eigenvalue weighted by Gasteiger charge is 2.07. The Morgan fingerprint density at radius 3 is 2.88 bits per heavy atom. The molecule has 16 heavy (non-hydrogen) atoms. The molecule has 1 nitrogen and oxygen atoms in total. The lowest BCUT2D eigenvalue weighted by Crippen LogP contribution is -1.99. The fourth-order valence-corrected chi connectivity index (χ4v) is 2.89. The number of hydrogen-bond acceptors (Lipinski definition) is 2. The van der Waals surface area contributed by atoms with Crippen molar-refractivity contribution in [1.82, 2.24) is 0 Å². The maximum atomic E-state index is 10.0. The van der Waals surface area contributed by atoms with Crippen molar-refractivity contribution in [3.8, 4) is 0 Å². The number of thiophene rings is 1. The van der Waals surface area contributed by atoms with Crippen molar-refractivity contribution in [2.75, 3.05) is 0 Å². The van der Waals surface area contributed by atoms with Crippen LogP contribution in [0.5, 0.6) is 0 Å². The Bertz CT molecular complexity index is 439. The molecule has 0 saturated heterocycles. The summed E-state index contributed by atoms with van der Waals surface area (Å²) in [4.78, 5) is 0. The van der Waals surface area contributed by atoms with Crippen molar-refractivity contribution in [3.63, 3.8) is 0 Å². The van der Waals surface area contributed by atoms with Crippen LogP contribution < -0.4 is 0 Å². The lowest BCUT2D eigenvalue weighted by Gasteiger charge is -2.10. The lowest BCUT2D eigenvalue weighted by molar-refractivity contribution is 0.168. The minimum atomic E-state index is -0.352. The first kappa shape index (κ1) is 12.1. The molecule has 0 spiro atoms. The highest BCUT2D eigenvalue weighted by molar-refractivity contribution is 14.1. The molecule has 0 bridgehead atoms. The van der Waals surface area contributed by atoms with Crippen molar-refractivity contribution in [3.05, 3.63) is 55.8 Å². The molecule has 0 aliphatic carbocycles. The second kappa shape index (κ2) is 5.80. The third kappa shape index (κ3) is 3.30. The Hall–Kier alpha value is -0.390. The zero-order valence-electron chi connectivity index (χ0n) is 8.77. The van der Waals surface area contributed by atoms with Gasteiger partial charge in [-0.15, -0.1) is 0 Å². The van der Waals surface area contributed by atoms with E-state index in [0.717, 1.165) is 18.4 Å². The molecule has 1 atom stereocenters. The molecule has 1 aromatic heterocycles. The topological polar surface area (TPSA) is 20.2 Å². The monoisotopic (exact) mass is 344 g/mol. The Morgan fingerprint density at radius 2 is 2.19 bits per heavy atom. The third-order valence-electron chi connectivity index (χ3n) is 2.52. The maximum absolute atomic E-state index is 10.0. The lowest BCUT2D eigenvalue weighted by atomic mass is 10.0. The summed E-state index contributed by atoms with van der Waals surface area (Å²) in [6.45, 7) is 0. The zero-order valence-corrected chi connectivity index (χ0v) is 11.7. The smallest absolute Gasteiger partial charge is 0.0793 e. The molecule has 0 radical (unpaired) electrons. The number of aliphatic hydroxyl groups is 1. The van der Waals surface area contributed by atoms with Gasteiger partial charge in [0.1, 0.15) is 0 Å². The van der Waals surface area contributed by atoms with E-state index in [0.29, 0.717) is 0 Å². The molecule has 0 aliphatic heterocycles. The summed E-state index contributed by atoms with van der Waals surface area (Å²) >= 11 is 3.97. The van der Waals surface area contributed by atoms with E-state index in [1.165, 1.54) is 9.13 Å². The first-order valence-electron chi connectivity index (χ1n) is 5.20. The number of aliphatic hydroxyl groups excluding tert-OH is 1. The summed E-state index contributed by atoms with van der Waals surface area (Å²) in [6.07, 6.45) is 1.38. The van der Waals surface area contributed by atoms with E-state index < -0.39 is 0 Å². The summed E-state index contributed by atoms with van der Waals surface area (Å²) in [5.74, 6) is 0. The van der Waals surface area contributed by atoms with Crippen molar-refractivity contribution in [2.45, 2.75) is 18.9 Å². The second-order valence-corrected chi connectivity index (χ2v) is 5.77. The highest BCUT2D eigenvalue weighted by atomic mass is 127. The molecule has 2 aromatic rings. The molecule has 0 fully saturated rings. The summed E-state index contributed by atoms with van der Waals surface area (Å²) in [6, 6.07) is 10.2. The third-order valence-corrected chi connectivity index (χ3v) is 3.92. The van der Waals surface area contributed by atoms with E-state index in [2.05, 4.69) is 39.4 Å². The SMILES string of the molecule is OC(CCc1ccsc1)c1cccc(I)c1. The Kier molecular flexibility index (Phi) is 4.37. The first-order chi connectivity index (χ1) is 7.75. The van der Waals surface area contributed by atoms with Gasteiger partial charge in [0, 0.05) is 3.57 Å². The van der Waals surface area contributed by atoms with Crippen molar-refractivity contribution in [1.29, 1.82) is 0 Å². The van der Waals surface area contributed by atoms with Crippen molar-refractivity contribution >= 4 is 33.9 Å². The molecule has 1 N–H and O–H groups in total. The molecule has 84 valence electrons. The summed E-state index contributed by atoms with van der Waals surface area (Å²) in [7, 11) is 0. The van der Waals surface area contributed by atoms with Crippen molar-refractivity contribution < 1.29 is 5.11 Å². The van der Waals surface area contributed by atoms with E-state index in [1.807, 2.05) is 24.3 Å². The summed E-state index contributed by atoms with van der Waals surface area (Å²) in [5.41, 5.74) is 2.33. The van der Waals surface area contributed by atoms with Gasteiger partial charge in [-0.25, -0.2) is 0 Å². The van der Waals surface area contributed by atoms with Gasteiger partial charge >= 0.3 is 0 Å².